The van der Waals surface area contributed by atoms with Crippen LogP contribution in [0.4, 0.5) is 0 Å². The SMILES string of the molecule is COc1ccc(-n2c(CCc3ccccc3)nnc2[C@@H](Cc2c[nH]c3ccccc23)NC(=O)C2CCNCC2)c(OC)c1. The maximum atomic E-state index is 13.7. The average molecular weight is 579 g/mol. The maximum Gasteiger partial charge on any atom is 0.223 e. The number of amides is 1. The van der Waals surface area contributed by atoms with Gasteiger partial charge in [-0.2, -0.15) is 0 Å². The molecule has 1 amide bonds. The Morgan fingerprint density at radius 1 is 0.977 bits per heavy atom. The second-order valence-electron chi connectivity index (χ2n) is 11.0. The second kappa shape index (κ2) is 13.1. The minimum Gasteiger partial charge on any atom is -0.497 e. The highest BCUT2D eigenvalue weighted by molar-refractivity contribution is 5.83. The maximum absolute atomic E-state index is 13.7. The molecule has 0 radical (unpaired) electrons. The highest BCUT2D eigenvalue weighted by Gasteiger charge is 2.30. The van der Waals surface area contributed by atoms with Crippen LogP contribution in [0.1, 0.15) is 41.7 Å². The molecular weight excluding hydrogens is 540 g/mol. The molecular formula is C34H38N6O3. The van der Waals surface area contributed by atoms with Crippen LogP contribution in [-0.4, -0.2) is 53.0 Å². The molecule has 3 aromatic carbocycles. The molecule has 0 saturated carbocycles. The number of rotatable bonds is 11. The Morgan fingerprint density at radius 2 is 1.77 bits per heavy atom. The van der Waals surface area contributed by atoms with Gasteiger partial charge in [0.25, 0.3) is 0 Å². The fraction of sp³-hybridized carbons (Fsp3) is 0.324. The third kappa shape index (κ3) is 6.27. The van der Waals surface area contributed by atoms with Gasteiger partial charge in [-0.1, -0.05) is 48.5 Å². The van der Waals surface area contributed by atoms with Crippen molar-refractivity contribution in [2.45, 2.75) is 38.1 Å². The van der Waals surface area contributed by atoms with Crippen molar-refractivity contribution in [1.29, 1.82) is 0 Å². The van der Waals surface area contributed by atoms with Crippen LogP contribution in [0.25, 0.3) is 16.6 Å². The van der Waals surface area contributed by atoms with Crippen molar-refractivity contribution in [3.63, 3.8) is 0 Å². The van der Waals surface area contributed by atoms with Gasteiger partial charge in [0, 0.05) is 41.9 Å². The van der Waals surface area contributed by atoms with Crippen molar-refractivity contribution in [1.82, 2.24) is 30.4 Å². The van der Waals surface area contributed by atoms with E-state index in [1.54, 1.807) is 14.2 Å². The highest BCUT2D eigenvalue weighted by atomic mass is 16.5. The van der Waals surface area contributed by atoms with Crippen molar-refractivity contribution in [3.8, 4) is 17.2 Å². The first kappa shape index (κ1) is 28.5. The molecule has 1 aliphatic rings. The van der Waals surface area contributed by atoms with Crippen LogP contribution in [0.15, 0.2) is 79.0 Å². The van der Waals surface area contributed by atoms with Crippen LogP contribution in [0, 0.1) is 5.92 Å². The summed E-state index contributed by atoms with van der Waals surface area (Å²) in [5, 5.41) is 17.4. The zero-order chi connectivity index (χ0) is 29.6. The number of fused-ring (bicyclic) bond motifs is 1. The van der Waals surface area contributed by atoms with Gasteiger partial charge in [-0.3, -0.25) is 9.36 Å². The highest BCUT2D eigenvalue weighted by Crippen LogP contribution is 2.33. The summed E-state index contributed by atoms with van der Waals surface area (Å²) in [5.74, 6) is 2.79. The number of carbonyl (C=O) groups is 1. The predicted octanol–water partition coefficient (Wildman–Crippen LogP) is 4.95. The summed E-state index contributed by atoms with van der Waals surface area (Å²) < 4.78 is 13.4. The molecule has 0 unspecified atom stereocenters. The molecule has 3 heterocycles. The van der Waals surface area contributed by atoms with Crippen molar-refractivity contribution >= 4 is 16.8 Å². The van der Waals surface area contributed by atoms with Crippen LogP contribution in [0.3, 0.4) is 0 Å². The summed E-state index contributed by atoms with van der Waals surface area (Å²) in [6.07, 6.45) is 5.66. The number of aryl methyl sites for hydroxylation is 2. The van der Waals surface area contributed by atoms with E-state index in [9.17, 15) is 4.79 Å². The number of aromatic nitrogens is 4. The van der Waals surface area contributed by atoms with Gasteiger partial charge in [0.05, 0.1) is 25.9 Å². The number of ether oxygens (including phenoxy) is 2. The molecule has 0 spiro atoms. The zero-order valence-electron chi connectivity index (χ0n) is 24.7. The van der Waals surface area contributed by atoms with Crippen LogP contribution < -0.4 is 20.1 Å². The lowest BCUT2D eigenvalue weighted by Gasteiger charge is -2.26. The molecule has 1 aliphatic heterocycles. The monoisotopic (exact) mass is 578 g/mol. The number of hydrogen-bond acceptors (Lipinski definition) is 6. The molecule has 9 heteroatoms. The topological polar surface area (TPSA) is 106 Å². The standard InChI is InChI=1S/C34H38N6O3/c1-42-26-13-14-30(31(21-26)43-2)40-32(15-12-23-8-4-3-5-9-23)38-39-33(40)29(37-34(41)24-16-18-35-19-17-24)20-25-22-36-28-11-7-6-10-27(25)28/h3-11,13-14,21-22,24,29,35-36H,12,15-20H2,1-2H3,(H,37,41)/t29-/m1/s1. The van der Waals surface area contributed by atoms with Crippen molar-refractivity contribution in [2.24, 2.45) is 5.92 Å². The number of aromatic amines is 1. The fourth-order valence-electron chi connectivity index (χ4n) is 5.95. The first-order chi connectivity index (χ1) is 21.1. The smallest absolute Gasteiger partial charge is 0.223 e. The number of methoxy groups -OCH3 is 2. The van der Waals surface area contributed by atoms with Crippen molar-refractivity contribution in [3.05, 3.63) is 102 Å². The van der Waals surface area contributed by atoms with E-state index in [2.05, 4.69) is 44.5 Å². The molecule has 6 rings (SSSR count). The quantitative estimate of drug-likeness (QED) is 0.205. The number of para-hydroxylation sites is 1. The summed E-state index contributed by atoms with van der Waals surface area (Å²) in [7, 11) is 3.28. The van der Waals surface area contributed by atoms with E-state index in [-0.39, 0.29) is 11.8 Å². The van der Waals surface area contributed by atoms with Crippen LogP contribution in [0.5, 0.6) is 11.5 Å². The third-order valence-electron chi connectivity index (χ3n) is 8.30. The van der Waals surface area contributed by atoms with E-state index in [1.807, 2.05) is 54.7 Å². The van der Waals surface area contributed by atoms with E-state index in [4.69, 9.17) is 19.7 Å². The van der Waals surface area contributed by atoms with Gasteiger partial charge in [-0.25, -0.2) is 0 Å². The lowest BCUT2D eigenvalue weighted by molar-refractivity contribution is -0.126. The molecule has 2 aromatic heterocycles. The minimum atomic E-state index is -0.425. The van der Waals surface area contributed by atoms with Gasteiger partial charge < -0.3 is 25.1 Å². The van der Waals surface area contributed by atoms with E-state index in [0.29, 0.717) is 30.2 Å². The molecule has 1 saturated heterocycles. The van der Waals surface area contributed by atoms with Gasteiger partial charge in [-0.05, 0) is 61.7 Å². The molecule has 222 valence electrons. The molecule has 1 atom stereocenters. The van der Waals surface area contributed by atoms with Crippen LogP contribution >= 0.6 is 0 Å². The average Bonchev–Trinajstić information content (AvgIpc) is 3.68. The lowest BCUT2D eigenvalue weighted by atomic mass is 9.96. The predicted molar refractivity (Wildman–Crippen MR) is 167 cm³/mol. The molecule has 0 aliphatic carbocycles. The number of H-pyrrole nitrogens is 1. The summed E-state index contributed by atoms with van der Waals surface area (Å²) in [4.78, 5) is 17.1. The Labute approximate surface area is 251 Å². The Kier molecular flexibility index (Phi) is 8.70. The summed E-state index contributed by atoms with van der Waals surface area (Å²) in [5.41, 5.74) is 4.18. The van der Waals surface area contributed by atoms with Gasteiger partial charge in [0.1, 0.15) is 17.3 Å². The zero-order valence-corrected chi connectivity index (χ0v) is 24.7. The molecule has 1 fully saturated rings. The van der Waals surface area contributed by atoms with Gasteiger partial charge >= 0.3 is 0 Å². The van der Waals surface area contributed by atoms with E-state index in [1.165, 1.54) is 5.56 Å². The molecule has 43 heavy (non-hydrogen) atoms. The molecule has 0 bridgehead atoms. The van der Waals surface area contributed by atoms with Gasteiger partial charge in [0.2, 0.25) is 5.91 Å². The van der Waals surface area contributed by atoms with Gasteiger partial charge in [0.15, 0.2) is 5.82 Å². The Morgan fingerprint density at radius 3 is 2.56 bits per heavy atom. The summed E-state index contributed by atoms with van der Waals surface area (Å²) >= 11 is 0. The van der Waals surface area contributed by atoms with Crippen molar-refractivity contribution in [2.75, 3.05) is 27.3 Å². The lowest BCUT2D eigenvalue weighted by Crippen LogP contribution is -2.40. The summed E-state index contributed by atoms with van der Waals surface area (Å²) in [6, 6.07) is 23.9. The summed E-state index contributed by atoms with van der Waals surface area (Å²) in [6.45, 7) is 1.68. The van der Waals surface area contributed by atoms with E-state index >= 15 is 0 Å². The normalized spacial score (nSPS) is 14.5. The number of piperidine rings is 1. The fourth-order valence-corrected chi connectivity index (χ4v) is 5.95. The number of carbonyl (C=O) groups excluding carboxylic acids is 1. The Bertz CT molecular complexity index is 1670. The first-order valence-electron chi connectivity index (χ1n) is 14.9. The number of nitrogens with zero attached hydrogens (tertiary/aromatic N) is 3. The minimum absolute atomic E-state index is 0.0452. The molecule has 3 N–H and O–H groups in total. The largest absolute Gasteiger partial charge is 0.497 e. The first-order valence-corrected chi connectivity index (χ1v) is 14.9. The van der Waals surface area contributed by atoms with E-state index < -0.39 is 6.04 Å². The van der Waals surface area contributed by atoms with Crippen molar-refractivity contribution < 1.29 is 14.3 Å². The van der Waals surface area contributed by atoms with E-state index in [0.717, 1.165) is 60.3 Å². The molecule has 9 nitrogen and oxygen atoms in total. The second-order valence-corrected chi connectivity index (χ2v) is 11.0. The van der Waals surface area contributed by atoms with Gasteiger partial charge in [-0.15, -0.1) is 10.2 Å². The molecule has 5 aromatic rings. The number of hydrogen-bond donors (Lipinski definition) is 3. The third-order valence-corrected chi connectivity index (χ3v) is 8.30. The number of benzene rings is 3. The number of nitrogens with one attached hydrogen (secondary N) is 3. The Hall–Kier alpha value is -4.63. The Balaban J connectivity index is 1.43. The van der Waals surface area contributed by atoms with Crippen LogP contribution in [-0.2, 0) is 24.1 Å². The van der Waals surface area contributed by atoms with Crippen LogP contribution in [0.2, 0.25) is 0 Å².